The Bertz CT molecular complexity index is 716. The zero-order chi connectivity index (χ0) is 14.4. The molecule has 20 heavy (non-hydrogen) atoms. The van der Waals surface area contributed by atoms with E-state index in [0.29, 0.717) is 18.5 Å². The van der Waals surface area contributed by atoms with E-state index in [1.165, 1.54) is 0 Å². The summed E-state index contributed by atoms with van der Waals surface area (Å²) in [5.74, 6) is 5.07. The van der Waals surface area contributed by atoms with Crippen LogP contribution >= 0.6 is 0 Å². The van der Waals surface area contributed by atoms with E-state index in [2.05, 4.69) is 17.2 Å². The van der Waals surface area contributed by atoms with Crippen molar-refractivity contribution in [3.63, 3.8) is 0 Å². The van der Waals surface area contributed by atoms with Gasteiger partial charge in [0.2, 0.25) is 0 Å². The molecule has 98 valence electrons. The maximum Gasteiger partial charge on any atom is 0.251 e. The number of hydrogen-bond donors (Lipinski definition) is 1. The average Bonchev–Trinajstić information content (AvgIpc) is 2.50. The number of benzene rings is 2. The van der Waals surface area contributed by atoms with Crippen LogP contribution in [0.2, 0.25) is 0 Å². The summed E-state index contributed by atoms with van der Waals surface area (Å²) in [6.07, 6.45) is 12.0. The van der Waals surface area contributed by atoms with Gasteiger partial charge in [0.05, 0.1) is 0 Å². The van der Waals surface area contributed by atoms with Crippen molar-refractivity contribution in [2.75, 3.05) is 6.54 Å². The Hall–Kier alpha value is -2.71. The topological polar surface area (TPSA) is 29.1 Å². The first-order valence-corrected chi connectivity index (χ1v) is 6.46. The van der Waals surface area contributed by atoms with E-state index >= 15 is 0 Å². The van der Waals surface area contributed by atoms with Crippen molar-refractivity contribution >= 4 is 16.7 Å². The van der Waals surface area contributed by atoms with Crippen molar-refractivity contribution < 1.29 is 4.79 Å². The van der Waals surface area contributed by atoms with Crippen molar-refractivity contribution in [3.8, 4) is 24.7 Å². The van der Waals surface area contributed by atoms with Crippen molar-refractivity contribution in [3.05, 3.63) is 47.5 Å². The Morgan fingerprint density at radius 2 is 1.85 bits per heavy atom. The SMILES string of the molecule is C#CCCCNC(=O)c1ccc2cc(C#C)ccc2c1. The van der Waals surface area contributed by atoms with Crippen LogP contribution in [0.25, 0.3) is 10.8 Å². The fourth-order valence-electron chi connectivity index (χ4n) is 1.97. The van der Waals surface area contributed by atoms with Crippen LogP contribution in [0.15, 0.2) is 36.4 Å². The normalized spacial score (nSPS) is 9.70. The van der Waals surface area contributed by atoms with Gasteiger partial charge in [-0.3, -0.25) is 4.79 Å². The van der Waals surface area contributed by atoms with Crippen LogP contribution in [0.1, 0.15) is 28.8 Å². The van der Waals surface area contributed by atoms with Gasteiger partial charge in [0, 0.05) is 24.1 Å². The van der Waals surface area contributed by atoms with Crippen LogP contribution in [0.4, 0.5) is 0 Å². The number of nitrogens with one attached hydrogen (secondary N) is 1. The number of fused-ring (bicyclic) bond motifs is 1. The standard InChI is InChI=1S/C18H15NO/c1-3-5-6-11-19-18(20)17-10-9-15-12-14(4-2)7-8-16(15)13-17/h1-2,7-10,12-13H,5-6,11H2,(H,19,20). The molecule has 0 heterocycles. The van der Waals surface area contributed by atoms with E-state index in [4.69, 9.17) is 12.8 Å². The molecule has 0 bridgehead atoms. The monoisotopic (exact) mass is 261 g/mol. The molecular weight excluding hydrogens is 246 g/mol. The highest BCUT2D eigenvalue weighted by Crippen LogP contribution is 2.17. The Kier molecular flexibility index (Phi) is 4.43. The molecule has 2 heteroatoms. The minimum atomic E-state index is -0.0788. The van der Waals surface area contributed by atoms with Gasteiger partial charge in [0.25, 0.3) is 5.91 Å². The Morgan fingerprint density at radius 3 is 2.60 bits per heavy atom. The van der Waals surface area contributed by atoms with Crippen LogP contribution in [-0.4, -0.2) is 12.5 Å². The van der Waals surface area contributed by atoms with E-state index in [1.54, 1.807) is 6.07 Å². The predicted molar refractivity (Wildman–Crippen MR) is 82.3 cm³/mol. The van der Waals surface area contributed by atoms with Crippen molar-refractivity contribution in [1.29, 1.82) is 0 Å². The lowest BCUT2D eigenvalue weighted by molar-refractivity contribution is 0.0953. The van der Waals surface area contributed by atoms with Gasteiger partial charge in [0.15, 0.2) is 0 Å². The zero-order valence-electron chi connectivity index (χ0n) is 11.1. The predicted octanol–water partition coefficient (Wildman–Crippen LogP) is 2.96. The summed E-state index contributed by atoms with van der Waals surface area (Å²) in [4.78, 5) is 12.0. The summed E-state index contributed by atoms with van der Waals surface area (Å²) in [6.45, 7) is 0.594. The quantitative estimate of drug-likeness (QED) is 0.665. The summed E-state index contributed by atoms with van der Waals surface area (Å²) in [5.41, 5.74) is 1.48. The average molecular weight is 261 g/mol. The summed E-state index contributed by atoms with van der Waals surface area (Å²) in [5, 5.41) is 4.89. The molecule has 0 fully saturated rings. The molecule has 0 aromatic heterocycles. The molecule has 0 aliphatic heterocycles. The molecule has 2 rings (SSSR count). The largest absolute Gasteiger partial charge is 0.352 e. The second-order valence-electron chi connectivity index (χ2n) is 4.48. The third-order valence-electron chi connectivity index (χ3n) is 3.05. The van der Waals surface area contributed by atoms with E-state index in [0.717, 1.165) is 22.8 Å². The fraction of sp³-hybridized carbons (Fsp3) is 0.167. The number of rotatable bonds is 4. The van der Waals surface area contributed by atoms with Gasteiger partial charge in [-0.05, 0) is 41.5 Å². The highest BCUT2D eigenvalue weighted by molar-refractivity contribution is 5.98. The lowest BCUT2D eigenvalue weighted by atomic mass is 10.0. The zero-order valence-corrected chi connectivity index (χ0v) is 11.1. The van der Waals surface area contributed by atoms with Gasteiger partial charge < -0.3 is 5.32 Å². The van der Waals surface area contributed by atoms with Crippen LogP contribution in [-0.2, 0) is 0 Å². The molecule has 0 atom stereocenters. The molecule has 0 saturated carbocycles. The number of amides is 1. The first-order chi connectivity index (χ1) is 9.74. The number of hydrogen-bond acceptors (Lipinski definition) is 1. The summed E-state index contributed by atoms with van der Waals surface area (Å²) in [7, 11) is 0. The third-order valence-corrected chi connectivity index (χ3v) is 3.05. The number of terminal acetylenes is 2. The molecule has 1 N–H and O–H groups in total. The lowest BCUT2D eigenvalue weighted by Crippen LogP contribution is -2.24. The van der Waals surface area contributed by atoms with E-state index in [9.17, 15) is 4.79 Å². The second kappa shape index (κ2) is 6.45. The minimum Gasteiger partial charge on any atom is -0.352 e. The molecule has 0 unspecified atom stereocenters. The molecule has 2 nitrogen and oxygen atoms in total. The lowest BCUT2D eigenvalue weighted by Gasteiger charge is -2.06. The summed E-state index contributed by atoms with van der Waals surface area (Å²) in [6, 6.07) is 11.3. The maximum absolute atomic E-state index is 12.0. The van der Waals surface area contributed by atoms with Crippen LogP contribution in [0.3, 0.4) is 0 Å². The molecular formula is C18H15NO. The molecule has 0 spiro atoms. The third kappa shape index (κ3) is 3.19. The summed E-state index contributed by atoms with van der Waals surface area (Å²) >= 11 is 0. The molecule has 0 aliphatic rings. The molecule has 0 saturated heterocycles. The fourth-order valence-corrected chi connectivity index (χ4v) is 1.97. The molecule has 0 radical (unpaired) electrons. The number of carbonyl (C=O) groups is 1. The van der Waals surface area contributed by atoms with Crippen LogP contribution in [0, 0.1) is 24.7 Å². The highest BCUT2D eigenvalue weighted by Gasteiger charge is 2.05. The van der Waals surface area contributed by atoms with Gasteiger partial charge in [-0.15, -0.1) is 18.8 Å². The van der Waals surface area contributed by atoms with E-state index < -0.39 is 0 Å². The van der Waals surface area contributed by atoms with Crippen molar-refractivity contribution in [2.24, 2.45) is 0 Å². The molecule has 1 amide bonds. The molecule has 0 aliphatic carbocycles. The maximum atomic E-state index is 12.0. The van der Waals surface area contributed by atoms with E-state index in [1.807, 2.05) is 30.3 Å². The van der Waals surface area contributed by atoms with Gasteiger partial charge in [-0.2, -0.15) is 0 Å². The number of unbranched alkanes of at least 4 members (excludes halogenated alkanes) is 1. The molecule has 2 aromatic rings. The first kappa shape index (κ1) is 13.7. The summed E-state index contributed by atoms with van der Waals surface area (Å²) < 4.78 is 0. The Balaban J connectivity index is 2.14. The number of carbonyl (C=O) groups excluding carboxylic acids is 1. The van der Waals surface area contributed by atoms with E-state index in [-0.39, 0.29) is 5.91 Å². The van der Waals surface area contributed by atoms with Crippen molar-refractivity contribution in [1.82, 2.24) is 5.32 Å². The molecule has 2 aromatic carbocycles. The Morgan fingerprint density at radius 1 is 1.10 bits per heavy atom. The van der Waals surface area contributed by atoms with Gasteiger partial charge in [0.1, 0.15) is 0 Å². The Labute approximate surface area is 119 Å². The second-order valence-corrected chi connectivity index (χ2v) is 4.48. The van der Waals surface area contributed by atoms with Gasteiger partial charge in [-0.1, -0.05) is 18.1 Å². The van der Waals surface area contributed by atoms with Crippen LogP contribution < -0.4 is 5.32 Å². The highest BCUT2D eigenvalue weighted by atomic mass is 16.1. The van der Waals surface area contributed by atoms with Crippen LogP contribution in [0.5, 0.6) is 0 Å². The first-order valence-electron chi connectivity index (χ1n) is 6.46. The smallest absolute Gasteiger partial charge is 0.251 e. The van der Waals surface area contributed by atoms with Gasteiger partial charge >= 0.3 is 0 Å². The minimum absolute atomic E-state index is 0.0788. The van der Waals surface area contributed by atoms with Gasteiger partial charge in [-0.25, -0.2) is 0 Å². The van der Waals surface area contributed by atoms with Crippen molar-refractivity contribution in [2.45, 2.75) is 12.8 Å².